The van der Waals surface area contributed by atoms with Crippen LogP contribution < -0.4 is 10.6 Å². The van der Waals surface area contributed by atoms with Crippen molar-refractivity contribution in [1.82, 2.24) is 24.8 Å². The molecular weight excluding hydrogens is 451 g/mol. The number of aromatic nitrogens is 3. The van der Waals surface area contributed by atoms with Gasteiger partial charge in [-0.05, 0) is 62.9 Å². The number of benzene rings is 1. The predicted molar refractivity (Wildman–Crippen MR) is 134 cm³/mol. The topological polar surface area (TPSA) is 75.1 Å². The molecule has 3 heterocycles. The van der Waals surface area contributed by atoms with Crippen LogP contribution in [-0.4, -0.2) is 57.6 Å². The lowest BCUT2D eigenvalue weighted by atomic mass is 10.0. The number of halogens is 1. The number of carbonyl (C=O) groups excluding carboxylic acids is 1. The van der Waals surface area contributed by atoms with Crippen LogP contribution in [0, 0.1) is 5.82 Å². The van der Waals surface area contributed by atoms with E-state index in [2.05, 4.69) is 25.5 Å². The average Bonchev–Trinajstić information content (AvgIpc) is 3.55. The number of thiazole rings is 1. The minimum atomic E-state index is -0.220. The molecule has 1 saturated heterocycles. The summed E-state index contributed by atoms with van der Waals surface area (Å²) in [4.78, 5) is 24.1. The van der Waals surface area contributed by atoms with Crippen molar-refractivity contribution in [3.63, 3.8) is 0 Å². The summed E-state index contributed by atoms with van der Waals surface area (Å²) in [5.41, 5.74) is 1.09. The van der Waals surface area contributed by atoms with E-state index in [0.717, 1.165) is 56.1 Å². The summed E-state index contributed by atoms with van der Waals surface area (Å²) in [5.74, 6) is -0.318. The number of carbonyl (C=O) groups is 1. The van der Waals surface area contributed by atoms with Crippen molar-refractivity contribution in [3.8, 4) is 0 Å². The number of nitrogens with one attached hydrogen (secondary N) is 2. The van der Waals surface area contributed by atoms with Crippen molar-refractivity contribution >= 4 is 22.4 Å². The van der Waals surface area contributed by atoms with Crippen molar-refractivity contribution in [3.05, 3.63) is 65.4 Å². The number of hydrogen-bond acceptors (Lipinski definition) is 6. The molecule has 0 aliphatic carbocycles. The summed E-state index contributed by atoms with van der Waals surface area (Å²) in [6, 6.07) is 6.86. The maximum absolute atomic E-state index is 13.4. The Morgan fingerprint density at radius 3 is 2.74 bits per heavy atom. The number of nitrogens with zero attached hydrogens (tertiary/aromatic N) is 4. The van der Waals surface area contributed by atoms with E-state index in [-0.39, 0.29) is 17.8 Å². The van der Waals surface area contributed by atoms with E-state index in [0.29, 0.717) is 11.4 Å². The van der Waals surface area contributed by atoms with Crippen LogP contribution in [0.4, 0.5) is 9.52 Å². The first-order valence-corrected chi connectivity index (χ1v) is 12.9. The number of piperidine rings is 1. The number of imidazole rings is 1. The van der Waals surface area contributed by atoms with Gasteiger partial charge in [0.2, 0.25) is 0 Å². The van der Waals surface area contributed by atoms with E-state index in [9.17, 15) is 9.18 Å². The van der Waals surface area contributed by atoms with Crippen LogP contribution in [0.3, 0.4) is 0 Å². The molecule has 0 saturated carbocycles. The molecule has 1 aromatic carbocycles. The number of hydrogen-bond donors (Lipinski definition) is 2. The molecule has 9 heteroatoms. The second-order valence-electron chi connectivity index (χ2n) is 8.80. The van der Waals surface area contributed by atoms with Gasteiger partial charge in [0, 0.05) is 38.1 Å². The van der Waals surface area contributed by atoms with Gasteiger partial charge < -0.3 is 20.1 Å². The van der Waals surface area contributed by atoms with Gasteiger partial charge in [0.15, 0.2) is 5.13 Å². The van der Waals surface area contributed by atoms with Crippen LogP contribution in [0.5, 0.6) is 0 Å². The Labute approximate surface area is 204 Å². The molecule has 1 amide bonds. The van der Waals surface area contributed by atoms with E-state index >= 15 is 0 Å². The highest BCUT2D eigenvalue weighted by Crippen LogP contribution is 2.21. The Morgan fingerprint density at radius 1 is 1.15 bits per heavy atom. The van der Waals surface area contributed by atoms with Gasteiger partial charge >= 0.3 is 0 Å². The van der Waals surface area contributed by atoms with Crippen LogP contribution in [-0.2, 0) is 13.0 Å². The van der Waals surface area contributed by atoms with Crippen LogP contribution >= 0.6 is 11.3 Å². The predicted octanol–water partition coefficient (Wildman–Crippen LogP) is 4.20. The second kappa shape index (κ2) is 12.6. The molecule has 0 spiro atoms. The lowest BCUT2D eigenvalue weighted by molar-refractivity contribution is 0.0956. The smallest absolute Gasteiger partial charge is 0.263 e. The van der Waals surface area contributed by atoms with Crippen molar-refractivity contribution in [2.45, 2.75) is 51.1 Å². The number of anilines is 1. The highest BCUT2D eigenvalue weighted by atomic mass is 32.1. The summed E-state index contributed by atoms with van der Waals surface area (Å²) < 4.78 is 15.3. The zero-order valence-electron chi connectivity index (χ0n) is 19.5. The third-order valence-electron chi connectivity index (χ3n) is 6.13. The van der Waals surface area contributed by atoms with Gasteiger partial charge in [-0.2, -0.15) is 0 Å². The Morgan fingerprint density at radius 2 is 1.97 bits per heavy atom. The number of aryl methyl sites for hydroxylation is 1. The summed E-state index contributed by atoms with van der Waals surface area (Å²) in [5, 5.41) is 7.25. The fourth-order valence-corrected chi connectivity index (χ4v) is 5.05. The first-order valence-electron chi connectivity index (χ1n) is 12.1. The SMILES string of the molecule is O=C(NCCCn1ccnc1)c1cnc(NC(CCN2CCCCC2)Cc2ccc(F)cc2)s1. The van der Waals surface area contributed by atoms with Gasteiger partial charge in [-0.15, -0.1) is 0 Å². The van der Waals surface area contributed by atoms with Gasteiger partial charge in [0.05, 0.1) is 12.5 Å². The Bertz CT molecular complexity index is 1000. The molecule has 2 N–H and O–H groups in total. The molecule has 7 nitrogen and oxygen atoms in total. The van der Waals surface area contributed by atoms with E-state index in [1.807, 2.05) is 22.9 Å². The number of rotatable bonds is 12. The molecule has 1 aliphatic heterocycles. The van der Waals surface area contributed by atoms with Crippen molar-refractivity contribution in [2.24, 2.45) is 0 Å². The Kier molecular flexibility index (Phi) is 9.04. The van der Waals surface area contributed by atoms with Crippen LogP contribution in [0.15, 0.2) is 49.2 Å². The standard InChI is InChI=1S/C25H33FN6OS/c26-21-7-5-20(6-8-21)17-22(9-15-31-12-2-1-3-13-31)30-25-29-18-23(34-25)24(33)28-10-4-14-32-16-11-27-19-32/h5-8,11,16,18-19,22H,1-4,9-10,12-15,17H2,(H,28,33)(H,29,30). The molecule has 182 valence electrons. The molecule has 4 rings (SSSR count). The summed E-state index contributed by atoms with van der Waals surface area (Å²) in [6.45, 7) is 4.75. The average molecular weight is 485 g/mol. The van der Waals surface area contributed by atoms with Gasteiger partial charge in [-0.1, -0.05) is 29.9 Å². The normalized spacial score (nSPS) is 15.2. The van der Waals surface area contributed by atoms with Crippen LogP contribution in [0.1, 0.15) is 47.3 Å². The minimum absolute atomic E-state index is 0.0976. The molecular formula is C25H33FN6OS. The van der Waals surface area contributed by atoms with E-state index in [4.69, 9.17) is 0 Å². The lowest BCUT2D eigenvalue weighted by Crippen LogP contribution is -2.34. The molecule has 1 aliphatic rings. The summed E-state index contributed by atoms with van der Waals surface area (Å²) >= 11 is 1.38. The van der Waals surface area contributed by atoms with E-state index in [1.165, 1.54) is 42.7 Å². The molecule has 1 unspecified atom stereocenters. The third kappa shape index (κ3) is 7.63. The lowest BCUT2D eigenvalue weighted by Gasteiger charge is -2.28. The largest absolute Gasteiger partial charge is 0.358 e. The molecule has 3 aromatic rings. The maximum atomic E-state index is 13.4. The maximum Gasteiger partial charge on any atom is 0.263 e. The Balaban J connectivity index is 1.30. The first kappa shape index (κ1) is 24.3. The van der Waals surface area contributed by atoms with Gasteiger partial charge in [0.1, 0.15) is 10.7 Å². The highest BCUT2D eigenvalue weighted by Gasteiger charge is 2.17. The van der Waals surface area contributed by atoms with E-state index < -0.39 is 0 Å². The molecule has 34 heavy (non-hydrogen) atoms. The zero-order chi connectivity index (χ0) is 23.6. The number of likely N-dealkylation sites (tertiary alicyclic amines) is 1. The fourth-order valence-electron chi connectivity index (χ4n) is 4.24. The van der Waals surface area contributed by atoms with Crippen LogP contribution in [0.25, 0.3) is 0 Å². The third-order valence-corrected chi connectivity index (χ3v) is 7.06. The highest BCUT2D eigenvalue weighted by molar-refractivity contribution is 7.17. The van der Waals surface area contributed by atoms with E-state index in [1.54, 1.807) is 18.7 Å². The molecule has 0 radical (unpaired) electrons. The fraction of sp³-hybridized carbons (Fsp3) is 0.480. The van der Waals surface area contributed by atoms with Crippen molar-refractivity contribution in [1.29, 1.82) is 0 Å². The first-order chi connectivity index (χ1) is 16.7. The van der Waals surface area contributed by atoms with Crippen LogP contribution in [0.2, 0.25) is 0 Å². The van der Waals surface area contributed by atoms with Crippen molar-refractivity contribution in [2.75, 3.05) is 31.5 Å². The monoisotopic (exact) mass is 484 g/mol. The Hall–Kier alpha value is -2.78. The summed E-state index contributed by atoms with van der Waals surface area (Å²) in [6.07, 6.45) is 13.5. The quantitative estimate of drug-likeness (QED) is 0.377. The summed E-state index contributed by atoms with van der Waals surface area (Å²) in [7, 11) is 0. The minimum Gasteiger partial charge on any atom is -0.358 e. The molecule has 0 bridgehead atoms. The second-order valence-corrected chi connectivity index (χ2v) is 9.83. The molecule has 1 atom stereocenters. The number of amides is 1. The zero-order valence-corrected chi connectivity index (χ0v) is 20.3. The van der Waals surface area contributed by atoms with Gasteiger partial charge in [-0.3, -0.25) is 4.79 Å². The van der Waals surface area contributed by atoms with Gasteiger partial charge in [0.25, 0.3) is 5.91 Å². The van der Waals surface area contributed by atoms with Gasteiger partial charge in [-0.25, -0.2) is 14.4 Å². The molecule has 2 aromatic heterocycles. The van der Waals surface area contributed by atoms with Crippen molar-refractivity contribution < 1.29 is 9.18 Å². The molecule has 1 fully saturated rings.